The molecule has 0 spiro atoms. The second kappa shape index (κ2) is 4.70. The van der Waals surface area contributed by atoms with Crippen LogP contribution in [0, 0.1) is 6.92 Å². The van der Waals surface area contributed by atoms with Gasteiger partial charge in [-0.1, -0.05) is 6.92 Å². The lowest BCUT2D eigenvalue weighted by molar-refractivity contribution is 0.0954. The summed E-state index contributed by atoms with van der Waals surface area (Å²) in [6.45, 7) is 4.79. The molecule has 5 heteroatoms. The van der Waals surface area contributed by atoms with Crippen molar-refractivity contribution in [3.8, 4) is 5.75 Å². The van der Waals surface area contributed by atoms with Gasteiger partial charge in [-0.3, -0.25) is 10.2 Å². The van der Waals surface area contributed by atoms with E-state index in [2.05, 4.69) is 16.9 Å². The molecule has 1 aromatic carbocycles. The molecule has 0 bridgehead atoms. The van der Waals surface area contributed by atoms with Gasteiger partial charge in [-0.05, 0) is 31.5 Å². The highest BCUT2D eigenvalue weighted by molar-refractivity contribution is 6.08. The molecule has 0 atom stereocenters. The number of carbonyl (C=O) groups is 1. The van der Waals surface area contributed by atoms with E-state index in [1.807, 2.05) is 13.0 Å². The number of phenols is 1. The van der Waals surface area contributed by atoms with Gasteiger partial charge in [0.25, 0.3) is 5.91 Å². The summed E-state index contributed by atoms with van der Waals surface area (Å²) in [4.78, 5) is 11.8. The van der Waals surface area contributed by atoms with E-state index in [9.17, 15) is 9.90 Å². The van der Waals surface area contributed by atoms with Crippen molar-refractivity contribution in [2.75, 3.05) is 0 Å². The third-order valence-corrected chi connectivity index (χ3v) is 3.11. The molecule has 0 fully saturated rings. The molecular weight excluding hydrogens is 230 g/mol. The van der Waals surface area contributed by atoms with E-state index in [1.54, 1.807) is 12.1 Å². The lowest BCUT2D eigenvalue weighted by Crippen LogP contribution is -2.30. The molecule has 18 heavy (non-hydrogen) atoms. The number of fused-ring (bicyclic) bond motifs is 1. The molecule has 0 radical (unpaired) electrons. The first-order chi connectivity index (χ1) is 8.60. The Hall–Kier alpha value is -2.01. The summed E-state index contributed by atoms with van der Waals surface area (Å²) in [5.74, 6) is 5.02. The number of nitrogens with one attached hydrogen (secondary N) is 1. The Morgan fingerprint density at radius 2 is 2.22 bits per heavy atom. The van der Waals surface area contributed by atoms with Crippen molar-refractivity contribution in [2.24, 2.45) is 5.84 Å². The lowest BCUT2D eigenvalue weighted by atomic mass is 10.1. The number of benzene rings is 1. The normalized spacial score (nSPS) is 10.8. The number of hydrogen-bond acceptors (Lipinski definition) is 3. The summed E-state index contributed by atoms with van der Waals surface area (Å²) in [5, 5.41) is 10.3. The van der Waals surface area contributed by atoms with E-state index >= 15 is 0 Å². The number of aromatic nitrogens is 1. The molecule has 0 aliphatic rings. The van der Waals surface area contributed by atoms with Gasteiger partial charge in [-0.2, -0.15) is 0 Å². The zero-order valence-corrected chi connectivity index (χ0v) is 10.5. The molecule has 0 saturated carbocycles. The summed E-state index contributed by atoms with van der Waals surface area (Å²) < 4.78 is 2.07. The van der Waals surface area contributed by atoms with Crippen LogP contribution in [-0.2, 0) is 6.54 Å². The number of aryl methyl sites for hydroxylation is 1. The number of carbonyl (C=O) groups excluding carboxylic acids is 1. The molecule has 4 N–H and O–H groups in total. The standard InChI is InChI=1S/C13H17N3O2/c1-3-6-16-8(2)12(13(18)15-14)10-7-9(17)4-5-11(10)16/h4-5,7,17H,3,6,14H2,1-2H3,(H,15,18). The number of nitrogens with zero attached hydrogens (tertiary/aromatic N) is 1. The first-order valence-electron chi connectivity index (χ1n) is 5.92. The Morgan fingerprint density at radius 1 is 1.50 bits per heavy atom. The smallest absolute Gasteiger partial charge is 0.267 e. The number of nitrogen functional groups attached to an aromatic ring is 1. The highest BCUT2D eigenvalue weighted by atomic mass is 16.3. The van der Waals surface area contributed by atoms with Crippen LogP contribution in [0.15, 0.2) is 18.2 Å². The monoisotopic (exact) mass is 247 g/mol. The van der Waals surface area contributed by atoms with E-state index in [0.717, 1.165) is 29.6 Å². The Balaban J connectivity index is 2.78. The maximum absolute atomic E-state index is 11.8. The molecule has 0 unspecified atom stereocenters. The van der Waals surface area contributed by atoms with E-state index in [-0.39, 0.29) is 11.7 Å². The zero-order valence-electron chi connectivity index (χ0n) is 10.5. The summed E-state index contributed by atoms with van der Waals surface area (Å²) in [5.41, 5.74) is 4.48. The van der Waals surface area contributed by atoms with Crippen molar-refractivity contribution < 1.29 is 9.90 Å². The molecule has 2 aromatic rings. The van der Waals surface area contributed by atoms with Gasteiger partial charge in [-0.15, -0.1) is 0 Å². The Kier molecular flexibility index (Phi) is 3.25. The van der Waals surface area contributed by atoms with Crippen LogP contribution in [0.5, 0.6) is 5.75 Å². The maximum Gasteiger partial charge on any atom is 0.267 e. The number of hydrazine groups is 1. The topological polar surface area (TPSA) is 80.3 Å². The molecular formula is C13H17N3O2. The molecule has 1 heterocycles. The SMILES string of the molecule is CCCn1c(C)c(C(=O)NN)c2cc(O)ccc21. The predicted octanol–water partition coefficient (Wildman–Crippen LogP) is 1.67. The second-order valence-electron chi connectivity index (χ2n) is 4.29. The fraction of sp³-hybridized carbons (Fsp3) is 0.308. The van der Waals surface area contributed by atoms with Gasteiger partial charge >= 0.3 is 0 Å². The second-order valence-corrected chi connectivity index (χ2v) is 4.29. The van der Waals surface area contributed by atoms with Gasteiger partial charge in [0.05, 0.1) is 5.56 Å². The average Bonchev–Trinajstić information content (AvgIpc) is 2.62. The summed E-state index contributed by atoms with van der Waals surface area (Å²) >= 11 is 0. The quantitative estimate of drug-likeness (QED) is 0.438. The molecule has 96 valence electrons. The molecule has 1 amide bonds. The van der Waals surface area contributed by atoms with Gasteiger partial charge in [0.2, 0.25) is 0 Å². The van der Waals surface area contributed by atoms with Gasteiger partial charge in [0.1, 0.15) is 5.75 Å². The molecule has 0 aliphatic carbocycles. The fourth-order valence-corrected chi connectivity index (χ4v) is 2.34. The van der Waals surface area contributed by atoms with Gasteiger partial charge in [0, 0.05) is 23.1 Å². The predicted molar refractivity (Wildman–Crippen MR) is 70.3 cm³/mol. The van der Waals surface area contributed by atoms with Crippen molar-refractivity contribution in [2.45, 2.75) is 26.8 Å². The molecule has 2 rings (SSSR count). The van der Waals surface area contributed by atoms with Gasteiger partial charge < -0.3 is 9.67 Å². The Labute approximate surface area is 105 Å². The van der Waals surface area contributed by atoms with Crippen LogP contribution in [0.2, 0.25) is 0 Å². The van der Waals surface area contributed by atoms with Crippen molar-refractivity contribution in [3.63, 3.8) is 0 Å². The van der Waals surface area contributed by atoms with Gasteiger partial charge in [-0.25, -0.2) is 5.84 Å². The van der Waals surface area contributed by atoms with E-state index < -0.39 is 0 Å². The van der Waals surface area contributed by atoms with Crippen LogP contribution in [-0.4, -0.2) is 15.6 Å². The minimum absolute atomic E-state index is 0.141. The Bertz CT molecular complexity index is 602. The number of aromatic hydroxyl groups is 1. The molecule has 0 aliphatic heterocycles. The summed E-state index contributed by atoms with van der Waals surface area (Å²) in [6, 6.07) is 5.04. The first kappa shape index (κ1) is 12.4. The van der Waals surface area contributed by atoms with Crippen molar-refractivity contribution in [1.29, 1.82) is 0 Å². The van der Waals surface area contributed by atoms with Crippen LogP contribution < -0.4 is 11.3 Å². The van der Waals surface area contributed by atoms with E-state index in [0.29, 0.717) is 5.56 Å². The van der Waals surface area contributed by atoms with E-state index in [1.165, 1.54) is 0 Å². The lowest BCUT2D eigenvalue weighted by Gasteiger charge is -2.06. The minimum Gasteiger partial charge on any atom is -0.508 e. The number of phenolic OH excluding ortho intramolecular Hbond substituents is 1. The van der Waals surface area contributed by atoms with Crippen LogP contribution in [0.25, 0.3) is 10.9 Å². The Morgan fingerprint density at radius 3 is 2.83 bits per heavy atom. The fourth-order valence-electron chi connectivity index (χ4n) is 2.34. The van der Waals surface area contributed by atoms with Crippen molar-refractivity contribution >= 4 is 16.8 Å². The van der Waals surface area contributed by atoms with Crippen LogP contribution >= 0.6 is 0 Å². The molecule has 1 aromatic heterocycles. The summed E-state index contributed by atoms with van der Waals surface area (Å²) in [6.07, 6.45) is 0.967. The minimum atomic E-state index is -0.335. The highest BCUT2D eigenvalue weighted by Crippen LogP contribution is 2.29. The molecule has 0 saturated heterocycles. The number of nitrogens with two attached hydrogens (primary N) is 1. The van der Waals surface area contributed by atoms with E-state index in [4.69, 9.17) is 5.84 Å². The van der Waals surface area contributed by atoms with Crippen LogP contribution in [0.1, 0.15) is 29.4 Å². The van der Waals surface area contributed by atoms with Gasteiger partial charge in [0.15, 0.2) is 0 Å². The summed E-state index contributed by atoms with van der Waals surface area (Å²) in [7, 11) is 0. The van der Waals surface area contributed by atoms with Crippen molar-refractivity contribution in [1.82, 2.24) is 9.99 Å². The largest absolute Gasteiger partial charge is 0.508 e. The van der Waals surface area contributed by atoms with Crippen LogP contribution in [0.3, 0.4) is 0 Å². The number of rotatable bonds is 3. The zero-order chi connectivity index (χ0) is 13.3. The number of amides is 1. The third kappa shape index (κ3) is 1.82. The first-order valence-corrected chi connectivity index (χ1v) is 5.92. The van der Waals surface area contributed by atoms with Crippen LogP contribution in [0.4, 0.5) is 0 Å². The average molecular weight is 247 g/mol. The highest BCUT2D eigenvalue weighted by Gasteiger charge is 2.19. The molecule has 5 nitrogen and oxygen atoms in total. The maximum atomic E-state index is 11.8. The van der Waals surface area contributed by atoms with Crippen molar-refractivity contribution in [3.05, 3.63) is 29.5 Å². The number of hydrogen-bond donors (Lipinski definition) is 3. The third-order valence-electron chi connectivity index (χ3n) is 3.11.